The van der Waals surface area contributed by atoms with Gasteiger partial charge in [0.25, 0.3) is 0 Å². The van der Waals surface area contributed by atoms with Crippen LogP contribution in [0.3, 0.4) is 0 Å². The van der Waals surface area contributed by atoms with Gasteiger partial charge >= 0.3 is 0 Å². The van der Waals surface area contributed by atoms with E-state index in [2.05, 4.69) is 0 Å². The van der Waals surface area contributed by atoms with E-state index in [4.69, 9.17) is 19.9 Å². The second-order valence-electron chi connectivity index (χ2n) is 3.72. The Morgan fingerprint density at radius 3 is 2.81 bits per heavy atom. The van der Waals surface area contributed by atoms with Gasteiger partial charge in [-0.1, -0.05) is 0 Å². The molecule has 0 amide bonds. The molecule has 0 spiro atoms. The molecule has 16 heavy (non-hydrogen) atoms. The Balaban J connectivity index is 2.56. The molecule has 2 N–H and O–H groups in total. The summed E-state index contributed by atoms with van der Waals surface area (Å²) in [5.41, 5.74) is 7.82. The summed E-state index contributed by atoms with van der Waals surface area (Å²) >= 11 is 0. The number of hydrogen-bond donors (Lipinski definition) is 1. The summed E-state index contributed by atoms with van der Waals surface area (Å²) in [4.78, 5) is 0. The van der Waals surface area contributed by atoms with Crippen molar-refractivity contribution in [1.29, 1.82) is 0 Å². The number of fused-ring (bicyclic) bond motifs is 1. The van der Waals surface area contributed by atoms with Crippen LogP contribution in [0.15, 0.2) is 6.07 Å². The molecule has 0 fully saturated rings. The van der Waals surface area contributed by atoms with Crippen molar-refractivity contribution in [2.45, 2.75) is 12.8 Å². The first-order valence-electron chi connectivity index (χ1n) is 5.41. The molecule has 0 bridgehead atoms. The van der Waals surface area contributed by atoms with E-state index in [1.807, 2.05) is 6.07 Å². The fourth-order valence-electron chi connectivity index (χ4n) is 2.11. The van der Waals surface area contributed by atoms with Gasteiger partial charge in [-0.15, -0.1) is 0 Å². The zero-order valence-corrected chi connectivity index (χ0v) is 9.71. The third-order valence-corrected chi connectivity index (χ3v) is 2.81. The summed E-state index contributed by atoms with van der Waals surface area (Å²) in [6.07, 6.45) is 1.66. The van der Waals surface area contributed by atoms with Crippen molar-refractivity contribution in [1.82, 2.24) is 0 Å². The topological polar surface area (TPSA) is 53.7 Å². The number of methoxy groups -OCH3 is 2. The third-order valence-electron chi connectivity index (χ3n) is 2.81. The van der Waals surface area contributed by atoms with Gasteiger partial charge in [-0.05, 0) is 19.0 Å². The normalized spacial score (nSPS) is 13.2. The monoisotopic (exact) mass is 223 g/mol. The lowest BCUT2D eigenvalue weighted by Crippen LogP contribution is -2.07. The number of benzene rings is 1. The van der Waals surface area contributed by atoms with Crippen LogP contribution in [0.2, 0.25) is 0 Å². The summed E-state index contributed by atoms with van der Waals surface area (Å²) in [6, 6.07) is 1.99. The number of nitrogens with two attached hydrogens (primary N) is 1. The van der Waals surface area contributed by atoms with Crippen molar-refractivity contribution in [3.05, 3.63) is 17.2 Å². The second kappa shape index (κ2) is 4.61. The molecule has 0 unspecified atom stereocenters. The molecule has 0 saturated heterocycles. The Labute approximate surface area is 95.3 Å². The maximum Gasteiger partial charge on any atom is 0.167 e. The second-order valence-corrected chi connectivity index (χ2v) is 3.72. The minimum absolute atomic E-state index is 0.569. The molecule has 88 valence electrons. The molecule has 0 aromatic heterocycles. The maximum atomic E-state index is 5.63. The predicted octanol–water partition coefficient (Wildman–Crippen LogP) is 1.14. The van der Waals surface area contributed by atoms with Crippen LogP contribution in [-0.4, -0.2) is 27.4 Å². The molecule has 1 aromatic rings. The standard InChI is InChI=1S/C12H17NO3/c1-14-10-7-8-4-6-16-11(8)9(3-5-13)12(10)15-2/h7H,3-6,13H2,1-2H3. The first-order chi connectivity index (χ1) is 7.81. The molecular weight excluding hydrogens is 206 g/mol. The van der Waals surface area contributed by atoms with E-state index in [9.17, 15) is 0 Å². The Morgan fingerprint density at radius 2 is 2.19 bits per heavy atom. The maximum absolute atomic E-state index is 5.63. The van der Waals surface area contributed by atoms with Gasteiger partial charge in [-0.3, -0.25) is 0 Å². The van der Waals surface area contributed by atoms with E-state index in [0.717, 1.165) is 42.3 Å². The SMILES string of the molecule is COc1cc2c(c(CCN)c1OC)OCC2. The van der Waals surface area contributed by atoms with Crippen LogP contribution in [0.1, 0.15) is 11.1 Å². The van der Waals surface area contributed by atoms with Crippen molar-refractivity contribution in [3.63, 3.8) is 0 Å². The van der Waals surface area contributed by atoms with Crippen molar-refractivity contribution in [2.75, 3.05) is 27.4 Å². The molecule has 0 aliphatic carbocycles. The van der Waals surface area contributed by atoms with E-state index in [0.29, 0.717) is 6.54 Å². The highest BCUT2D eigenvalue weighted by atomic mass is 16.5. The van der Waals surface area contributed by atoms with Gasteiger partial charge in [-0.2, -0.15) is 0 Å². The molecule has 1 aliphatic rings. The third kappa shape index (κ3) is 1.69. The Morgan fingerprint density at radius 1 is 1.38 bits per heavy atom. The summed E-state index contributed by atoms with van der Waals surface area (Å²) < 4.78 is 16.3. The lowest BCUT2D eigenvalue weighted by Gasteiger charge is -2.15. The molecular formula is C12H17NO3. The molecule has 1 heterocycles. The van der Waals surface area contributed by atoms with Crippen molar-refractivity contribution >= 4 is 0 Å². The average Bonchev–Trinajstić information content (AvgIpc) is 2.76. The first kappa shape index (κ1) is 11.1. The van der Waals surface area contributed by atoms with Gasteiger partial charge in [0.2, 0.25) is 0 Å². The average molecular weight is 223 g/mol. The lowest BCUT2D eigenvalue weighted by atomic mass is 10.0. The quantitative estimate of drug-likeness (QED) is 0.831. The molecule has 0 radical (unpaired) electrons. The van der Waals surface area contributed by atoms with Gasteiger partial charge in [0.1, 0.15) is 5.75 Å². The van der Waals surface area contributed by atoms with Crippen molar-refractivity contribution in [2.24, 2.45) is 5.73 Å². The van der Waals surface area contributed by atoms with Crippen LogP contribution in [0.5, 0.6) is 17.2 Å². The highest BCUT2D eigenvalue weighted by molar-refractivity contribution is 5.59. The molecule has 0 saturated carbocycles. The van der Waals surface area contributed by atoms with E-state index in [-0.39, 0.29) is 0 Å². The lowest BCUT2D eigenvalue weighted by molar-refractivity contribution is 0.335. The van der Waals surface area contributed by atoms with Gasteiger partial charge in [0.15, 0.2) is 11.5 Å². The van der Waals surface area contributed by atoms with Crippen molar-refractivity contribution in [3.8, 4) is 17.2 Å². The Hall–Kier alpha value is -1.42. The van der Waals surface area contributed by atoms with Gasteiger partial charge in [0.05, 0.1) is 20.8 Å². The fraction of sp³-hybridized carbons (Fsp3) is 0.500. The van der Waals surface area contributed by atoms with Crippen LogP contribution >= 0.6 is 0 Å². The van der Waals surface area contributed by atoms with E-state index in [1.54, 1.807) is 14.2 Å². The van der Waals surface area contributed by atoms with Crippen molar-refractivity contribution < 1.29 is 14.2 Å². The first-order valence-corrected chi connectivity index (χ1v) is 5.41. The number of hydrogen-bond acceptors (Lipinski definition) is 4. The number of ether oxygens (including phenoxy) is 3. The Bertz CT molecular complexity index is 390. The number of rotatable bonds is 4. The van der Waals surface area contributed by atoms with Gasteiger partial charge in [-0.25, -0.2) is 0 Å². The van der Waals surface area contributed by atoms with Crippen LogP contribution in [0.4, 0.5) is 0 Å². The summed E-state index contributed by atoms with van der Waals surface area (Å²) in [6.45, 7) is 1.29. The van der Waals surface area contributed by atoms with E-state index >= 15 is 0 Å². The van der Waals surface area contributed by atoms with Crippen LogP contribution < -0.4 is 19.9 Å². The molecule has 1 aromatic carbocycles. The summed E-state index contributed by atoms with van der Waals surface area (Å²) in [5.74, 6) is 2.44. The van der Waals surface area contributed by atoms with E-state index in [1.165, 1.54) is 5.56 Å². The summed E-state index contributed by atoms with van der Waals surface area (Å²) in [5, 5.41) is 0. The Kier molecular flexibility index (Phi) is 3.19. The fourth-order valence-corrected chi connectivity index (χ4v) is 2.11. The zero-order valence-electron chi connectivity index (χ0n) is 9.71. The molecule has 0 atom stereocenters. The van der Waals surface area contributed by atoms with Crippen LogP contribution in [0, 0.1) is 0 Å². The highest BCUT2D eigenvalue weighted by Crippen LogP contribution is 2.42. The zero-order chi connectivity index (χ0) is 11.5. The molecule has 2 rings (SSSR count). The van der Waals surface area contributed by atoms with Gasteiger partial charge in [0, 0.05) is 17.5 Å². The molecule has 1 aliphatic heterocycles. The van der Waals surface area contributed by atoms with Crippen LogP contribution in [0.25, 0.3) is 0 Å². The smallest absolute Gasteiger partial charge is 0.167 e. The largest absolute Gasteiger partial charge is 0.493 e. The predicted molar refractivity (Wildman–Crippen MR) is 61.5 cm³/mol. The minimum Gasteiger partial charge on any atom is -0.493 e. The molecule has 4 heteroatoms. The highest BCUT2D eigenvalue weighted by Gasteiger charge is 2.23. The molecule has 4 nitrogen and oxygen atoms in total. The summed E-state index contributed by atoms with van der Waals surface area (Å²) in [7, 11) is 3.28. The van der Waals surface area contributed by atoms with Crippen LogP contribution in [-0.2, 0) is 12.8 Å². The minimum atomic E-state index is 0.569. The van der Waals surface area contributed by atoms with Gasteiger partial charge < -0.3 is 19.9 Å². The van der Waals surface area contributed by atoms with E-state index < -0.39 is 0 Å².